The van der Waals surface area contributed by atoms with E-state index in [2.05, 4.69) is 33.2 Å². The average Bonchev–Trinajstić information content (AvgIpc) is 2.71. The molecule has 0 saturated heterocycles. The van der Waals surface area contributed by atoms with E-state index >= 15 is 0 Å². The first-order valence-corrected chi connectivity index (χ1v) is 6.49. The van der Waals surface area contributed by atoms with Crippen molar-refractivity contribution in [3.63, 3.8) is 0 Å². The van der Waals surface area contributed by atoms with Crippen molar-refractivity contribution < 1.29 is 0 Å². The second kappa shape index (κ2) is 4.12. The topological polar surface area (TPSA) is 67.6 Å². The van der Waals surface area contributed by atoms with Gasteiger partial charge in [0.2, 0.25) is 10.7 Å². The number of hydrogen-bond acceptors (Lipinski definition) is 5. The van der Waals surface area contributed by atoms with E-state index in [0.29, 0.717) is 10.7 Å². The number of hydrogen-bond donors (Lipinski definition) is 2. The number of nitrogen functional groups attached to an aromatic ring is 1. The van der Waals surface area contributed by atoms with Crippen LogP contribution in [0.3, 0.4) is 0 Å². The zero-order chi connectivity index (χ0) is 11.8. The summed E-state index contributed by atoms with van der Waals surface area (Å²) in [5.41, 5.74) is 7.00. The Hall–Kier alpha value is -1.40. The van der Waals surface area contributed by atoms with Gasteiger partial charge in [0.1, 0.15) is 5.82 Å². The highest BCUT2D eigenvalue weighted by molar-refractivity contribution is 7.99. The lowest BCUT2D eigenvalue weighted by Gasteiger charge is -2.07. The van der Waals surface area contributed by atoms with Gasteiger partial charge in [-0.3, -0.25) is 0 Å². The molecule has 4 nitrogen and oxygen atoms in total. The predicted molar refractivity (Wildman–Crippen MR) is 70.4 cm³/mol. The van der Waals surface area contributed by atoms with Crippen LogP contribution in [-0.4, -0.2) is 15.0 Å². The normalized spacial score (nSPS) is 18.0. The second-order valence-corrected chi connectivity index (χ2v) is 5.43. The van der Waals surface area contributed by atoms with Gasteiger partial charge in [0, 0.05) is 4.90 Å². The molecule has 0 radical (unpaired) electrons. The SMILES string of the molecule is Nc1nc(=S)nc(C2Cc3ccccc3S2)[nH]1. The molecule has 1 aliphatic heterocycles. The minimum absolute atomic E-state index is 0.249. The molecule has 17 heavy (non-hydrogen) atoms. The third-order valence-electron chi connectivity index (χ3n) is 2.64. The molecular weight excluding hydrogens is 252 g/mol. The van der Waals surface area contributed by atoms with E-state index in [4.69, 9.17) is 18.0 Å². The van der Waals surface area contributed by atoms with Gasteiger partial charge < -0.3 is 10.7 Å². The van der Waals surface area contributed by atoms with Crippen LogP contribution in [0.5, 0.6) is 0 Å². The minimum Gasteiger partial charge on any atom is -0.369 e. The van der Waals surface area contributed by atoms with Crippen molar-refractivity contribution in [3.8, 4) is 0 Å². The lowest BCUT2D eigenvalue weighted by Crippen LogP contribution is -2.05. The molecule has 3 rings (SSSR count). The summed E-state index contributed by atoms with van der Waals surface area (Å²) >= 11 is 6.76. The number of aromatic amines is 1. The first kappa shape index (κ1) is 10.7. The Balaban J connectivity index is 1.96. The largest absolute Gasteiger partial charge is 0.369 e. The molecule has 0 spiro atoms. The summed E-state index contributed by atoms with van der Waals surface area (Å²) in [6.07, 6.45) is 0.947. The van der Waals surface area contributed by atoms with Crippen LogP contribution in [0, 0.1) is 4.77 Å². The highest BCUT2D eigenvalue weighted by Gasteiger charge is 2.25. The molecule has 1 unspecified atom stereocenters. The van der Waals surface area contributed by atoms with E-state index in [1.54, 1.807) is 11.8 Å². The maximum Gasteiger partial charge on any atom is 0.224 e. The summed E-state index contributed by atoms with van der Waals surface area (Å²) in [5, 5.41) is 0.249. The van der Waals surface area contributed by atoms with Crippen molar-refractivity contribution in [2.75, 3.05) is 5.73 Å². The Morgan fingerprint density at radius 2 is 2.18 bits per heavy atom. The van der Waals surface area contributed by atoms with Gasteiger partial charge in [0.05, 0.1) is 5.25 Å². The zero-order valence-corrected chi connectivity index (χ0v) is 10.5. The fourth-order valence-corrected chi connectivity index (χ4v) is 3.35. The van der Waals surface area contributed by atoms with Crippen LogP contribution in [0.2, 0.25) is 0 Å². The predicted octanol–water partition coefficient (Wildman–Crippen LogP) is 2.51. The quantitative estimate of drug-likeness (QED) is 0.773. The number of rotatable bonds is 1. The molecule has 0 fully saturated rings. The number of benzene rings is 1. The number of H-pyrrole nitrogens is 1. The summed E-state index contributed by atoms with van der Waals surface area (Å²) in [6.45, 7) is 0. The molecule has 0 saturated carbocycles. The van der Waals surface area contributed by atoms with Crippen molar-refractivity contribution in [3.05, 3.63) is 40.4 Å². The summed E-state index contributed by atoms with van der Waals surface area (Å²) in [4.78, 5) is 12.4. The molecule has 0 amide bonds. The number of anilines is 1. The Morgan fingerprint density at radius 3 is 2.94 bits per heavy atom. The molecule has 2 heterocycles. The van der Waals surface area contributed by atoms with Crippen LogP contribution >= 0.6 is 24.0 Å². The zero-order valence-electron chi connectivity index (χ0n) is 8.88. The summed E-state index contributed by atoms with van der Waals surface area (Å²) < 4.78 is 0.299. The highest BCUT2D eigenvalue weighted by Crippen LogP contribution is 2.44. The van der Waals surface area contributed by atoms with E-state index in [0.717, 1.165) is 12.2 Å². The average molecular weight is 262 g/mol. The number of nitrogens with zero attached hydrogens (tertiary/aromatic N) is 2. The van der Waals surface area contributed by atoms with E-state index < -0.39 is 0 Å². The van der Waals surface area contributed by atoms with Crippen molar-refractivity contribution >= 4 is 29.9 Å². The van der Waals surface area contributed by atoms with Crippen LogP contribution < -0.4 is 5.73 Å². The number of nitrogens with one attached hydrogen (secondary N) is 1. The molecule has 2 aromatic rings. The summed E-state index contributed by atoms with van der Waals surface area (Å²) in [6, 6.07) is 8.36. The first-order chi connectivity index (χ1) is 8.22. The first-order valence-electron chi connectivity index (χ1n) is 5.20. The minimum atomic E-state index is 0.249. The van der Waals surface area contributed by atoms with E-state index in [9.17, 15) is 0 Å². The van der Waals surface area contributed by atoms with E-state index in [-0.39, 0.29) is 5.25 Å². The maximum atomic E-state index is 5.65. The monoisotopic (exact) mass is 262 g/mol. The molecule has 1 atom stereocenters. The maximum absolute atomic E-state index is 5.65. The second-order valence-electron chi connectivity index (χ2n) is 3.82. The Kier molecular flexibility index (Phi) is 2.60. The fraction of sp³-hybridized carbons (Fsp3) is 0.182. The van der Waals surface area contributed by atoms with Gasteiger partial charge in [-0.15, -0.1) is 11.8 Å². The van der Waals surface area contributed by atoms with Crippen LogP contribution in [0.15, 0.2) is 29.2 Å². The molecular formula is C11H10N4S2. The molecule has 3 N–H and O–H groups in total. The van der Waals surface area contributed by atoms with E-state index in [1.165, 1.54) is 10.5 Å². The standard InChI is InChI=1S/C11H10N4S2/c12-10-13-9(14-11(16)15-10)8-5-6-3-1-2-4-7(6)17-8/h1-4,8H,5H2,(H3,12,13,14,15,16). The van der Waals surface area contributed by atoms with Crippen molar-refractivity contribution in [1.29, 1.82) is 0 Å². The lowest BCUT2D eigenvalue weighted by molar-refractivity contribution is 0.828. The third kappa shape index (κ3) is 2.05. The molecule has 0 bridgehead atoms. The number of aromatic nitrogens is 3. The number of nitrogens with two attached hydrogens (primary N) is 1. The Bertz CT molecular complexity index is 598. The van der Waals surface area contributed by atoms with Crippen molar-refractivity contribution in [2.24, 2.45) is 0 Å². The fourth-order valence-electron chi connectivity index (χ4n) is 1.91. The molecule has 6 heteroatoms. The van der Waals surface area contributed by atoms with Gasteiger partial charge in [-0.2, -0.15) is 4.98 Å². The summed E-state index contributed by atoms with van der Waals surface area (Å²) in [5.74, 6) is 1.14. The van der Waals surface area contributed by atoms with Crippen molar-refractivity contribution in [1.82, 2.24) is 15.0 Å². The smallest absolute Gasteiger partial charge is 0.224 e. The van der Waals surface area contributed by atoms with Crippen LogP contribution in [0.25, 0.3) is 0 Å². The van der Waals surface area contributed by atoms with Crippen molar-refractivity contribution in [2.45, 2.75) is 16.6 Å². The Labute approximate surface area is 108 Å². The van der Waals surface area contributed by atoms with Gasteiger partial charge in [0.15, 0.2) is 0 Å². The van der Waals surface area contributed by atoms with Crippen LogP contribution in [0.1, 0.15) is 16.6 Å². The van der Waals surface area contributed by atoms with Gasteiger partial charge in [-0.1, -0.05) is 18.2 Å². The van der Waals surface area contributed by atoms with Gasteiger partial charge in [-0.05, 0) is 30.3 Å². The summed E-state index contributed by atoms with van der Waals surface area (Å²) in [7, 11) is 0. The highest BCUT2D eigenvalue weighted by atomic mass is 32.2. The van der Waals surface area contributed by atoms with Gasteiger partial charge in [0.25, 0.3) is 0 Å². The molecule has 1 aromatic heterocycles. The van der Waals surface area contributed by atoms with Crippen LogP contribution in [-0.2, 0) is 6.42 Å². The molecule has 0 aliphatic carbocycles. The van der Waals surface area contributed by atoms with Gasteiger partial charge >= 0.3 is 0 Å². The third-order valence-corrected chi connectivity index (χ3v) is 4.15. The number of fused-ring (bicyclic) bond motifs is 1. The lowest BCUT2D eigenvalue weighted by atomic mass is 10.1. The molecule has 1 aliphatic rings. The molecule has 86 valence electrons. The Morgan fingerprint density at radius 1 is 1.35 bits per heavy atom. The molecule has 1 aromatic carbocycles. The van der Waals surface area contributed by atoms with Gasteiger partial charge in [-0.25, -0.2) is 4.98 Å². The van der Waals surface area contributed by atoms with Crippen LogP contribution in [0.4, 0.5) is 5.95 Å². The van der Waals surface area contributed by atoms with E-state index in [1.807, 2.05) is 6.07 Å². The number of thioether (sulfide) groups is 1.